The number of nitrogens with zero attached hydrogens (tertiary/aromatic N) is 1. The first-order valence-corrected chi connectivity index (χ1v) is 9.84. The van der Waals surface area contributed by atoms with Crippen LogP contribution in [0.5, 0.6) is 0 Å². The van der Waals surface area contributed by atoms with Crippen molar-refractivity contribution in [1.29, 1.82) is 0 Å². The Bertz CT molecular complexity index is 916. The van der Waals surface area contributed by atoms with Crippen molar-refractivity contribution in [3.63, 3.8) is 0 Å². The summed E-state index contributed by atoms with van der Waals surface area (Å²) < 4.78 is 4.77. The fourth-order valence-corrected chi connectivity index (χ4v) is 3.47. The molecule has 0 saturated carbocycles. The van der Waals surface area contributed by atoms with E-state index in [1.54, 1.807) is 49.9 Å². The van der Waals surface area contributed by atoms with Gasteiger partial charge < -0.3 is 14.6 Å². The monoisotopic (exact) mass is 418 g/mol. The molecule has 1 N–H and O–H groups in total. The molecule has 0 spiro atoms. The van der Waals surface area contributed by atoms with E-state index in [2.05, 4.69) is 4.98 Å². The quantitative estimate of drug-likeness (QED) is 0.532. The van der Waals surface area contributed by atoms with Gasteiger partial charge in [0.05, 0.1) is 13.2 Å². The first-order valence-electron chi connectivity index (χ1n) is 9.46. The predicted molar refractivity (Wildman–Crippen MR) is 113 cm³/mol. The molecule has 0 unspecified atom stereocenters. The fourth-order valence-electron chi connectivity index (χ4n) is 3.34. The third kappa shape index (κ3) is 4.88. The van der Waals surface area contributed by atoms with E-state index in [0.717, 1.165) is 0 Å². The van der Waals surface area contributed by atoms with Gasteiger partial charge in [0.1, 0.15) is 5.69 Å². The predicted octanol–water partition coefficient (Wildman–Crippen LogP) is 4.44. The van der Waals surface area contributed by atoms with E-state index in [-0.39, 0.29) is 23.3 Å². The summed E-state index contributed by atoms with van der Waals surface area (Å²) in [6, 6.07) is 5.89. The van der Waals surface area contributed by atoms with Crippen LogP contribution in [0.2, 0.25) is 5.02 Å². The van der Waals surface area contributed by atoms with Crippen LogP contribution in [0.3, 0.4) is 0 Å². The highest BCUT2D eigenvalue weighted by Gasteiger charge is 2.32. The number of hydrogen-bond acceptors (Lipinski definition) is 4. The minimum Gasteiger partial charge on any atom is -0.464 e. The number of Topliss-reactive ketones (excluding diaryl/α,β-unsaturated/α-hetero) is 1. The van der Waals surface area contributed by atoms with E-state index in [0.29, 0.717) is 34.0 Å². The van der Waals surface area contributed by atoms with Crippen molar-refractivity contribution in [2.75, 3.05) is 13.7 Å². The SMILES string of the molecule is COC(=O)c1[nH]c(C)c(C(=O)[C@H](C)N(CC(C)C)C(=O)c2ccc(Cl)cc2)c1C. The summed E-state index contributed by atoms with van der Waals surface area (Å²) in [6.45, 7) is 9.53. The third-order valence-corrected chi connectivity index (χ3v) is 5.09. The van der Waals surface area contributed by atoms with Gasteiger partial charge in [-0.25, -0.2) is 4.79 Å². The topological polar surface area (TPSA) is 79.5 Å². The fraction of sp³-hybridized carbons (Fsp3) is 0.409. The molecule has 0 aliphatic carbocycles. The second-order valence-corrected chi connectivity index (χ2v) is 7.95. The molecular formula is C22H27ClN2O4. The van der Waals surface area contributed by atoms with Gasteiger partial charge in [0.2, 0.25) is 0 Å². The zero-order chi connectivity index (χ0) is 21.9. The molecule has 2 rings (SSSR count). The Balaban J connectivity index is 2.41. The molecule has 1 heterocycles. The van der Waals surface area contributed by atoms with E-state index in [9.17, 15) is 14.4 Å². The van der Waals surface area contributed by atoms with E-state index in [4.69, 9.17) is 16.3 Å². The minimum atomic E-state index is -0.709. The largest absolute Gasteiger partial charge is 0.464 e. The number of aromatic amines is 1. The summed E-state index contributed by atoms with van der Waals surface area (Å²) in [5.41, 5.74) is 2.22. The maximum absolute atomic E-state index is 13.3. The summed E-state index contributed by atoms with van der Waals surface area (Å²) >= 11 is 5.93. The Hall–Kier alpha value is -2.60. The number of ketones is 1. The number of aromatic nitrogens is 1. The van der Waals surface area contributed by atoms with Crippen LogP contribution in [0.15, 0.2) is 24.3 Å². The number of amides is 1. The molecule has 0 aliphatic heterocycles. The standard InChI is InChI=1S/C22H27ClN2O4/c1-12(2)11-25(21(27)16-7-9-17(23)10-8-16)15(5)20(26)18-13(3)19(22(28)29-6)24-14(18)4/h7-10,12,15,24H,11H2,1-6H3/t15-/m0/s1. The molecule has 1 aromatic heterocycles. The van der Waals surface area contributed by atoms with Gasteiger partial charge in [-0.05, 0) is 56.5 Å². The highest BCUT2D eigenvalue weighted by molar-refractivity contribution is 6.30. The number of methoxy groups -OCH3 is 1. The Kier molecular flexibility index (Phi) is 7.25. The molecule has 1 atom stereocenters. The molecule has 2 aromatic rings. The van der Waals surface area contributed by atoms with Crippen molar-refractivity contribution in [2.24, 2.45) is 5.92 Å². The van der Waals surface area contributed by atoms with Gasteiger partial charge in [0.15, 0.2) is 5.78 Å². The van der Waals surface area contributed by atoms with E-state index in [1.165, 1.54) is 7.11 Å². The smallest absolute Gasteiger partial charge is 0.354 e. The van der Waals surface area contributed by atoms with Crippen LogP contribution in [0.25, 0.3) is 0 Å². The Labute approximate surface area is 176 Å². The number of carbonyl (C=O) groups excluding carboxylic acids is 3. The molecular weight excluding hydrogens is 392 g/mol. The third-order valence-electron chi connectivity index (χ3n) is 4.83. The maximum Gasteiger partial charge on any atom is 0.354 e. The zero-order valence-corrected chi connectivity index (χ0v) is 18.4. The van der Waals surface area contributed by atoms with Crippen LogP contribution < -0.4 is 0 Å². The van der Waals surface area contributed by atoms with Crippen molar-refractivity contribution >= 4 is 29.3 Å². The lowest BCUT2D eigenvalue weighted by Crippen LogP contribution is -2.45. The van der Waals surface area contributed by atoms with Crippen LogP contribution >= 0.6 is 11.6 Å². The van der Waals surface area contributed by atoms with Crippen LogP contribution in [0.1, 0.15) is 63.2 Å². The molecule has 6 nitrogen and oxygen atoms in total. The first kappa shape index (κ1) is 22.7. The Morgan fingerprint density at radius 2 is 1.69 bits per heavy atom. The summed E-state index contributed by atoms with van der Waals surface area (Å²) in [6.07, 6.45) is 0. The zero-order valence-electron chi connectivity index (χ0n) is 17.6. The number of hydrogen-bond donors (Lipinski definition) is 1. The average Bonchev–Trinajstić information content (AvgIpc) is 2.98. The lowest BCUT2D eigenvalue weighted by atomic mass is 9.98. The average molecular weight is 419 g/mol. The number of carbonyl (C=O) groups is 3. The van der Waals surface area contributed by atoms with Crippen LogP contribution in [-0.4, -0.2) is 47.2 Å². The number of benzene rings is 1. The van der Waals surface area contributed by atoms with Gasteiger partial charge in [0.25, 0.3) is 5.91 Å². The van der Waals surface area contributed by atoms with Gasteiger partial charge in [0, 0.05) is 28.4 Å². The molecule has 0 radical (unpaired) electrons. The van der Waals surface area contributed by atoms with Gasteiger partial charge in [-0.3, -0.25) is 9.59 Å². The highest BCUT2D eigenvalue weighted by atomic mass is 35.5. The molecule has 0 bridgehead atoms. The van der Waals surface area contributed by atoms with E-state index < -0.39 is 12.0 Å². The number of aryl methyl sites for hydroxylation is 1. The van der Waals surface area contributed by atoms with Crippen LogP contribution in [0, 0.1) is 19.8 Å². The molecule has 0 fully saturated rings. The molecule has 156 valence electrons. The number of rotatable bonds is 7. The summed E-state index contributed by atoms with van der Waals surface area (Å²) in [7, 11) is 1.29. The number of esters is 1. The summed E-state index contributed by atoms with van der Waals surface area (Å²) in [4.78, 5) is 42.9. The van der Waals surface area contributed by atoms with Crippen molar-refractivity contribution in [1.82, 2.24) is 9.88 Å². The van der Waals surface area contributed by atoms with Crippen molar-refractivity contribution in [2.45, 2.75) is 40.7 Å². The summed E-state index contributed by atoms with van der Waals surface area (Å²) in [5.74, 6) is -0.834. The number of nitrogens with one attached hydrogen (secondary N) is 1. The van der Waals surface area contributed by atoms with E-state index in [1.807, 2.05) is 13.8 Å². The first-order chi connectivity index (χ1) is 13.6. The number of halogens is 1. The second kappa shape index (κ2) is 9.27. The molecule has 0 aliphatic rings. The summed E-state index contributed by atoms with van der Waals surface area (Å²) in [5, 5.41) is 0.537. The van der Waals surface area contributed by atoms with Crippen molar-refractivity contribution in [3.05, 3.63) is 57.4 Å². The molecule has 1 amide bonds. The number of H-pyrrole nitrogens is 1. The Morgan fingerprint density at radius 3 is 2.21 bits per heavy atom. The molecule has 1 aromatic carbocycles. The Morgan fingerprint density at radius 1 is 1.10 bits per heavy atom. The van der Waals surface area contributed by atoms with Crippen LogP contribution in [0.4, 0.5) is 0 Å². The van der Waals surface area contributed by atoms with Crippen LogP contribution in [-0.2, 0) is 4.74 Å². The van der Waals surface area contributed by atoms with Crippen molar-refractivity contribution in [3.8, 4) is 0 Å². The molecule has 0 saturated heterocycles. The number of ether oxygens (including phenoxy) is 1. The van der Waals surface area contributed by atoms with E-state index >= 15 is 0 Å². The van der Waals surface area contributed by atoms with Gasteiger partial charge in [-0.15, -0.1) is 0 Å². The van der Waals surface area contributed by atoms with Gasteiger partial charge >= 0.3 is 5.97 Å². The second-order valence-electron chi connectivity index (χ2n) is 7.52. The van der Waals surface area contributed by atoms with Gasteiger partial charge in [-0.1, -0.05) is 25.4 Å². The normalized spacial score (nSPS) is 12.0. The molecule has 7 heteroatoms. The lowest BCUT2D eigenvalue weighted by molar-refractivity contribution is 0.0591. The van der Waals surface area contributed by atoms with Gasteiger partial charge in [-0.2, -0.15) is 0 Å². The molecule has 29 heavy (non-hydrogen) atoms. The van der Waals surface area contributed by atoms with Crippen molar-refractivity contribution < 1.29 is 19.1 Å². The highest BCUT2D eigenvalue weighted by Crippen LogP contribution is 2.23. The minimum absolute atomic E-state index is 0.167. The lowest BCUT2D eigenvalue weighted by Gasteiger charge is -2.30. The maximum atomic E-state index is 13.3.